The molecule has 4 nitrogen and oxygen atoms in total. The number of carboxylic acids is 1. The van der Waals surface area contributed by atoms with Gasteiger partial charge in [0.05, 0.1) is 12.2 Å². The van der Waals surface area contributed by atoms with Crippen molar-refractivity contribution < 1.29 is 20.1 Å². The molecule has 0 spiro atoms. The molecule has 5 heteroatoms. The van der Waals surface area contributed by atoms with E-state index in [9.17, 15) is 15.0 Å². The summed E-state index contributed by atoms with van der Waals surface area (Å²) in [4.78, 5) is 10.8. The van der Waals surface area contributed by atoms with E-state index in [1.165, 1.54) is 0 Å². The maximum atomic E-state index is 10.5. The Morgan fingerprint density at radius 3 is 2.69 bits per heavy atom. The molecule has 1 unspecified atom stereocenters. The molecule has 0 heterocycles. The average molecular weight is 431 g/mol. The maximum Gasteiger partial charge on any atom is 0.303 e. The van der Waals surface area contributed by atoms with Crippen LogP contribution in [0.3, 0.4) is 0 Å². The van der Waals surface area contributed by atoms with Crippen molar-refractivity contribution in [1.29, 1.82) is 0 Å². The first-order valence-corrected chi connectivity index (χ1v) is 10.8. The molecule has 0 amide bonds. The largest absolute Gasteiger partial charge is 0.481 e. The van der Waals surface area contributed by atoms with E-state index < -0.39 is 12.1 Å². The summed E-state index contributed by atoms with van der Waals surface area (Å²) in [5, 5.41) is 29.3. The van der Waals surface area contributed by atoms with E-state index in [1.54, 1.807) is 0 Å². The second kappa shape index (κ2) is 12.7. The third-order valence-electron chi connectivity index (χ3n) is 5.33. The van der Waals surface area contributed by atoms with Crippen molar-refractivity contribution in [3.8, 4) is 0 Å². The van der Waals surface area contributed by atoms with Crippen molar-refractivity contribution in [2.45, 2.75) is 82.2 Å². The van der Waals surface area contributed by atoms with Gasteiger partial charge in [-0.05, 0) is 43.9 Å². The van der Waals surface area contributed by atoms with Gasteiger partial charge >= 0.3 is 5.97 Å². The molecule has 150 valence electrons. The Bertz CT molecular complexity index is 463. The zero-order valence-electron chi connectivity index (χ0n) is 16.1. The van der Waals surface area contributed by atoms with Crippen LogP contribution < -0.4 is 0 Å². The standard InChI is InChI=1S/C21H35BrO4/c1-3-4-9-15(2)19(23)13-12-17-16(18(22)14-20(17)24)10-7-5-6-8-11-21(25)26/h5,7,12-13,15-20,23-24H,3-4,6,8-11,14H2,1-2H3,(H,25,26)/t15?,16-,17-,18+,19-,20-/m1/s1. The maximum absolute atomic E-state index is 10.5. The highest BCUT2D eigenvalue weighted by atomic mass is 79.9. The third kappa shape index (κ3) is 8.36. The van der Waals surface area contributed by atoms with Crippen LogP contribution in [0.4, 0.5) is 0 Å². The molecular weight excluding hydrogens is 396 g/mol. The molecule has 0 aromatic rings. The number of halogens is 1. The normalized spacial score (nSPS) is 28.8. The minimum absolute atomic E-state index is 0.0380. The summed E-state index contributed by atoms with van der Waals surface area (Å²) < 4.78 is 0. The van der Waals surface area contributed by atoms with E-state index in [0.29, 0.717) is 12.8 Å². The van der Waals surface area contributed by atoms with Crippen LogP contribution >= 0.6 is 15.9 Å². The predicted molar refractivity (Wildman–Crippen MR) is 109 cm³/mol. The van der Waals surface area contributed by atoms with Gasteiger partial charge in [-0.2, -0.15) is 0 Å². The van der Waals surface area contributed by atoms with Crippen LogP contribution in [0.25, 0.3) is 0 Å². The van der Waals surface area contributed by atoms with Gasteiger partial charge in [-0.1, -0.05) is 66.9 Å². The molecule has 3 N–H and O–H groups in total. The van der Waals surface area contributed by atoms with Crippen LogP contribution in [0.2, 0.25) is 0 Å². The number of allylic oxidation sites excluding steroid dienone is 2. The summed E-state index contributed by atoms with van der Waals surface area (Å²) in [6.45, 7) is 4.22. The summed E-state index contributed by atoms with van der Waals surface area (Å²) in [6, 6.07) is 0. The lowest BCUT2D eigenvalue weighted by Gasteiger charge is -2.21. The molecule has 0 aliphatic heterocycles. The molecular formula is C21H35BrO4. The van der Waals surface area contributed by atoms with Gasteiger partial charge in [-0.25, -0.2) is 0 Å². The lowest BCUT2D eigenvalue weighted by Crippen LogP contribution is -2.20. The van der Waals surface area contributed by atoms with Gasteiger partial charge in [0.2, 0.25) is 0 Å². The first-order valence-electron chi connectivity index (χ1n) is 9.92. The summed E-state index contributed by atoms with van der Waals surface area (Å²) in [5.74, 6) is -0.196. The van der Waals surface area contributed by atoms with Crippen LogP contribution in [-0.4, -0.2) is 38.3 Å². The molecule has 1 saturated carbocycles. The molecule has 0 bridgehead atoms. The van der Waals surface area contributed by atoms with Crippen molar-refractivity contribution in [3.05, 3.63) is 24.3 Å². The van der Waals surface area contributed by atoms with Crippen LogP contribution in [0.15, 0.2) is 24.3 Å². The highest BCUT2D eigenvalue weighted by Gasteiger charge is 2.39. The lowest BCUT2D eigenvalue weighted by atomic mass is 9.89. The van der Waals surface area contributed by atoms with E-state index in [0.717, 1.165) is 32.1 Å². The van der Waals surface area contributed by atoms with E-state index in [2.05, 4.69) is 35.9 Å². The highest BCUT2D eigenvalue weighted by Crippen LogP contribution is 2.40. The molecule has 1 fully saturated rings. The Balaban J connectivity index is 2.54. The number of aliphatic carboxylic acids is 1. The fourth-order valence-corrected chi connectivity index (χ4v) is 4.49. The molecule has 26 heavy (non-hydrogen) atoms. The lowest BCUT2D eigenvalue weighted by molar-refractivity contribution is -0.137. The predicted octanol–water partition coefficient (Wildman–Crippen LogP) is 4.69. The van der Waals surface area contributed by atoms with Crippen molar-refractivity contribution >= 4 is 21.9 Å². The Labute approximate surface area is 166 Å². The Kier molecular flexibility index (Phi) is 11.4. The van der Waals surface area contributed by atoms with Gasteiger partial charge < -0.3 is 15.3 Å². The topological polar surface area (TPSA) is 77.8 Å². The third-order valence-corrected chi connectivity index (χ3v) is 6.39. The van der Waals surface area contributed by atoms with Gasteiger partial charge in [-0.15, -0.1) is 0 Å². The zero-order valence-corrected chi connectivity index (χ0v) is 17.6. The first kappa shape index (κ1) is 23.4. The van der Waals surface area contributed by atoms with Gasteiger partial charge in [0, 0.05) is 17.2 Å². The van der Waals surface area contributed by atoms with Crippen molar-refractivity contribution in [1.82, 2.24) is 0 Å². The Morgan fingerprint density at radius 1 is 1.31 bits per heavy atom. The van der Waals surface area contributed by atoms with Crippen LogP contribution in [0, 0.1) is 17.8 Å². The number of alkyl halides is 1. The van der Waals surface area contributed by atoms with E-state index >= 15 is 0 Å². The molecule has 0 aromatic carbocycles. The first-order chi connectivity index (χ1) is 12.4. The molecule has 1 aliphatic rings. The minimum Gasteiger partial charge on any atom is -0.481 e. The van der Waals surface area contributed by atoms with Gasteiger partial charge in [0.25, 0.3) is 0 Å². The van der Waals surface area contributed by atoms with Crippen molar-refractivity contribution in [2.75, 3.05) is 0 Å². The highest BCUT2D eigenvalue weighted by molar-refractivity contribution is 9.09. The van der Waals surface area contributed by atoms with Crippen LogP contribution in [-0.2, 0) is 4.79 Å². The molecule has 0 saturated heterocycles. The van der Waals surface area contributed by atoms with Gasteiger partial charge in [-0.3, -0.25) is 4.79 Å². The molecule has 0 aromatic heterocycles. The average Bonchev–Trinajstić information content (AvgIpc) is 2.86. The molecule has 6 atom stereocenters. The van der Waals surface area contributed by atoms with E-state index in [4.69, 9.17) is 5.11 Å². The number of carbonyl (C=O) groups is 1. The van der Waals surface area contributed by atoms with Gasteiger partial charge in [0.15, 0.2) is 0 Å². The Morgan fingerprint density at radius 2 is 2.04 bits per heavy atom. The van der Waals surface area contributed by atoms with Crippen molar-refractivity contribution in [3.63, 3.8) is 0 Å². The second-order valence-corrected chi connectivity index (χ2v) is 8.72. The molecule has 1 rings (SSSR count). The fourth-order valence-electron chi connectivity index (χ4n) is 3.54. The SMILES string of the molecule is CCCCC(C)[C@H](O)C=C[C@@H]1[C@@H](CC=CCCCC(=O)O)[C@@H](Br)C[C@H]1O. The number of rotatable bonds is 12. The van der Waals surface area contributed by atoms with E-state index in [-0.39, 0.29) is 35.1 Å². The second-order valence-electron chi connectivity index (χ2n) is 7.55. The molecule has 1 aliphatic carbocycles. The van der Waals surface area contributed by atoms with Crippen LogP contribution in [0.1, 0.15) is 65.2 Å². The zero-order chi connectivity index (χ0) is 19.5. The monoisotopic (exact) mass is 430 g/mol. The quantitative estimate of drug-likeness (QED) is 0.238. The van der Waals surface area contributed by atoms with Gasteiger partial charge in [0.1, 0.15) is 0 Å². The van der Waals surface area contributed by atoms with Crippen LogP contribution in [0.5, 0.6) is 0 Å². The number of aliphatic hydroxyl groups excluding tert-OH is 2. The van der Waals surface area contributed by atoms with E-state index in [1.807, 2.05) is 18.2 Å². The number of carboxylic acid groups (broad SMARTS) is 1. The number of hydrogen-bond acceptors (Lipinski definition) is 3. The number of hydrogen-bond donors (Lipinski definition) is 3. The smallest absolute Gasteiger partial charge is 0.303 e. The summed E-state index contributed by atoms with van der Waals surface area (Å²) in [6.07, 6.45) is 13.6. The number of unbranched alkanes of at least 4 members (excludes halogenated alkanes) is 2. The fraction of sp³-hybridized carbons (Fsp3) is 0.762. The summed E-state index contributed by atoms with van der Waals surface area (Å²) in [5.41, 5.74) is 0. The number of aliphatic hydroxyl groups is 2. The minimum atomic E-state index is -0.755. The molecule has 0 radical (unpaired) electrons. The van der Waals surface area contributed by atoms with Crippen molar-refractivity contribution in [2.24, 2.45) is 17.8 Å². The summed E-state index contributed by atoms with van der Waals surface area (Å²) in [7, 11) is 0. The summed E-state index contributed by atoms with van der Waals surface area (Å²) >= 11 is 3.69. The Hall–Kier alpha value is -0.650.